The molecule has 1 aromatic heterocycles. The lowest BCUT2D eigenvalue weighted by atomic mass is 10.2. The molecule has 2 aromatic carbocycles. The predicted molar refractivity (Wildman–Crippen MR) is 98.5 cm³/mol. The van der Waals surface area contributed by atoms with E-state index in [0.717, 1.165) is 16.0 Å². The summed E-state index contributed by atoms with van der Waals surface area (Å²) in [6, 6.07) is 17.9. The van der Waals surface area contributed by atoms with Gasteiger partial charge in [-0.3, -0.25) is 4.79 Å². The molecule has 0 saturated carbocycles. The van der Waals surface area contributed by atoms with Gasteiger partial charge in [-0.05, 0) is 29.3 Å². The summed E-state index contributed by atoms with van der Waals surface area (Å²) in [4.78, 5) is 16.0. The summed E-state index contributed by atoms with van der Waals surface area (Å²) >= 11 is 1.41. The molecule has 0 aliphatic heterocycles. The number of halogens is 1. The van der Waals surface area contributed by atoms with Gasteiger partial charge in [-0.15, -0.1) is 11.3 Å². The monoisotopic (exact) mass is 355 g/mol. The van der Waals surface area contributed by atoms with Crippen molar-refractivity contribution in [3.05, 3.63) is 76.9 Å². The molecule has 0 radical (unpaired) electrons. The predicted octanol–water partition coefficient (Wildman–Crippen LogP) is 4.84. The Kier molecular flexibility index (Phi) is 5.14. The van der Waals surface area contributed by atoms with Crippen LogP contribution in [-0.4, -0.2) is 25.0 Å². The van der Waals surface area contributed by atoms with E-state index in [-0.39, 0.29) is 11.7 Å². The molecule has 3 aromatic rings. The molecule has 0 bridgehead atoms. The molecule has 0 atom stereocenters. The van der Waals surface area contributed by atoms with Crippen LogP contribution in [0.15, 0.2) is 60.7 Å². The number of rotatable bonds is 5. The molecule has 3 nitrogen and oxygen atoms in total. The number of thiophene rings is 1. The van der Waals surface area contributed by atoms with Crippen LogP contribution in [0.2, 0.25) is 0 Å². The Morgan fingerprint density at radius 1 is 1.12 bits per heavy atom. The number of amides is 1. The fourth-order valence-corrected chi connectivity index (χ4v) is 3.65. The third-order valence-electron chi connectivity index (χ3n) is 3.85. The van der Waals surface area contributed by atoms with E-state index >= 15 is 0 Å². The van der Waals surface area contributed by atoms with E-state index in [9.17, 15) is 9.18 Å². The van der Waals surface area contributed by atoms with Gasteiger partial charge < -0.3 is 9.64 Å². The summed E-state index contributed by atoms with van der Waals surface area (Å²) in [6.45, 7) is 0.404. The fourth-order valence-electron chi connectivity index (χ4n) is 2.53. The van der Waals surface area contributed by atoms with Crippen molar-refractivity contribution in [3.63, 3.8) is 0 Å². The molecule has 5 heteroatoms. The third-order valence-corrected chi connectivity index (χ3v) is 5.00. The summed E-state index contributed by atoms with van der Waals surface area (Å²) in [5.74, 6) is 0.165. The van der Waals surface area contributed by atoms with Crippen LogP contribution < -0.4 is 4.74 Å². The Hall–Kier alpha value is -2.66. The van der Waals surface area contributed by atoms with Crippen molar-refractivity contribution >= 4 is 17.2 Å². The van der Waals surface area contributed by atoms with Gasteiger partial charge in [0.1, 0.15) is 16.4 Å². The standard InChI is InChI=1S/C20H18FNO2S/c1-22(13-14-8-10-16(21)11-9-14)20(23)19-17(24-2)12-18(25-19)15-6-4-3-5-7-15/h3-12H,13H2,1-2H3. The van der Waals surface area contributed by atoms with Gasteiger partial charge in [0.05, 0.1) is 7.11 Å². The molecule has 25 heavy (non-hydrogen) atoms. The van der Waals surface area contributed by atoms with E-state index in [1.54, 1.807) is 31.2 Å². The van der Waals surface area contributed by atoms with Crippen LogP contribution in [0.5, 0.6) is 5.75 Å². The summed E-state index contributed by atoms with van der Waals surface area (Å²) < 4.78 is 18.4. The first kappa shape index (κ1) is 17.2. The normalized spacial score (nSPS) is 10.5. The number of carbonyl (C=O) groups excluding carboxylic acids is 1. The van der Waals surface area contributed by atoms with Crippen LogP contribution in [0.3, 0.4) is 0 Å². The first-order valence-corrected chi connectivity index (χ1v) is 8.63. The molecule has 0 aliphatic rings. The van der Waals surface area contributed by atoms with Gasteiger partial charge in [0.15, 0.2) is 0 Å². The first-order valence-electron chi connectivity index (χ1n) is 7.81. The van der Waals surface area contributed by atoms with Crippen molar-refractivity contribution in [2.75, 3.05) is 14.2 Å². The lowest BCUT2D eigenvalue weighted by Gasteiger charge is -2.17. The molecule has 1 heterocycles. The smallest absolute Gasteiger partial charge is 0.267 e. The summed E-state index contributed by atoms with van der Waals surface area (Å²) in [5.41, 5.74) is 1.92. The largest absolute Gasteiger partial charge is 0.495 e. The van der Waals surface area contributed by atoms with E-state index < -0.39 is 0 Å². The van der Waals surface area contributed by atoms with E-state index in [2.05, 4.69) is 0 Å². The van der Waals surface area contributed by atoms with Crippen molar-refractivity contribution in [2.24, 2.45) is 0 Å². The number of ether oxygens (including phenoxy) is 1. The Morgan fingerprint density at radius 2 is 1.80 bits per heavy atom. The third kappa shape index (κ3) is 3.88. The molecule has 0 aliphatic carbocycles. The maximum atomic E-state index is 13.0. The topological polar surface area (TPSA) is 29.5 Å². The summed E-state index contributed by atoms with van der Waals surface area (Å²) in [6.07, 6.45) is 0. The fraction of sp³-hybridized carbons (Fsp3) is 0.150. The van der Waals surface area contributed by atoms with Crippen LogP contribution in [0.25, 0.3) is 10.4 Å². The lowest BCUT2D eigenvalue weighted by Crippen LogP contribution is -2.25. The minimum absolute atomic E-state index is 0.117. The lowest BCUT2D eigenvalue weighted by molar-refractivity contribution is 0.0787. The van der Waals surface area contributed by atoms with Gasteiger partial charge in [-0.25, -0.2) is 4.39 Å². The number of hydrogen-bond acceptors (Lipinski definition) is 3. The zero-order chi connectivity index (χ0) is 17.8. The van der Waals surface area contributed by atoms with Crippen LogP contribution in [-0.2, 0) is 6.54 Å². The van der Waals surface area contributed by atoms with Crippen molar-refractivity contribution < 1.29 is 13.9 Å². The molecule has 0 saturated heterocycles. The molecule has 1 amide bonds. The molecular weight excluding hydrogens is 337 g/mol. The Bertz CT molecular complexity index is 859. The van der Waals surface area contributed by atoms with Crippen molar-refractivity contribution in [1.82, 2.24) is 4.90 Å². The van der Waals surface area contributed by atoms with Gasteiger partial charge in [0, 0.05) is 18.5 Å². The zero-order valence-corrected chi connectivity index (χ0v) is 14.8. The van der Waals surface area contributed by atoms with Crippen LogP contribution in [0, 0.1) is 5.82 Å². The average Bonchev–Trinajstić information content (AvgIpc) is 3.08. The van der Waals surface area contributed by atoms with E-state index in [1.165, 1.54) is 23.5 Å². The summed E-state index contributed by atoms with van der Waals surface area (Å²) in [7, 11) is 3.29. The molecule has 0 spiro atoms. The van der Waals surface area contributed by atoms with Crippen molar-refractivity contribution in [1.29, 1.82) is 0 Å². The van der Waals surface area contributed by atoms with E-state index in [1.807, 2.05) is 36.4 Å². The van der Waals surface area contributed by atoms with Gasteiger partial charge in [0.25, 0.3) is 5.91 Å². The Labute approximate surface area is 150 Å². The van der Waals surface area contributed by atoms with Crippen LogP contribution in [0.4, 0.5) is 4.39 Å². The SMILES string of the molecule is COc1cc(-c2ccccc2)sc1C(=O)N(C)Cc1ccc(F)cc1. The number of methoxy groups -OCH3 is 1. The van der Waals surface area contributed by atoms with Crippen molar-refractivity contribution in [3.8, 4) is 16.2 Å². The number of nitrogens with zero attached hydrogens (tertiary/aromatic N) is 1. The molecule has 0 unspecified atom stereocenters. The Morgan fingerprint density at radius 3 is 2.44 bits per heavy atom. The summed E-state index contributed by atoms with van der Waals surface area (Å²) in [5, 5.41) is 0. The Balaban J connectivity index is 1.83. The van der Waals surface area contributed by atoms with Gasteiger partial charge >= 0.3 is 0 Å². The molecule has 0 fully saturated rings. The highest BCUT2D eigenvalue weighted by atomic mass is 32.1. The zero-order valence-electron chi connectivity index (χ0n) is 14.0. The van der Waals surface area contributed by atoms with Gasteiger partial charge in [-0.1, -0.05) is 42.5 Å². The highest BCUT2D eigenvalue weighted by molar-refractivity contribution is 7.17. The highest BCUT2D eigenvalue weighted by Gasteiger charge is 2.21. The second kappa shape index (κ2) is 7.49. The number of benzene rings is 2. The maximum Gasteiger partial charge on any atom is 0.267 e. The maximum absolute atomic E-state index is 13.0. The second-order valence-electron chi connectivity index (χ2n) is 5.66. The highest BCUT2D eigenvalue weighted by Crippen LogP contribution is 2.36. The quantitative estimate of drug-likeness (QED) is 0.656. The van der Waals surface area contributed by atoms with Gasteiger partial charge in [-0.2, -0.15) is 0 Å². The average molecular weight is 355 g/mol. The molecular formula is C20H18FNO2S. The first-order chi connectivity index (χ1) is 12.1. The number of carbonyl (C=O) groups is 1. The van der Waals surface area contributed by atoms with E-state index in [0.29, 0.717) is 17.2 Å². The molecule has 3 rings (SSSR count). The molecule has 0 N–H and O–H groups in total. The molecule has 128 valence electrons. The minimum atomic E-state index is -0.287. The number of hydrogen-bond donors (Lipinski definition) is 0. The second-order valence-corrected chi connectivity index (χ2v) is 6.71. The minimum Gasteiger partial charge on any atom is -0.495 e. The van der Waals surface area contributed by atoms with E-state index in [4.69, 9.17) is 4.74 Å². The van der Waals surface area contributed by atoms with Crippen LogP contribution in [0.1, 0.15) is 15.2 Å². The van der Waals surface area contributed by atoms with Gasteiger partial charge in [0.2, 0.25) is 0 Å². The van der Waals surface area contributed by atoms with Crippen LogP contribution >= 0.6 is 11.3 Å². The van der Waals surface area contributed by atoms with Crippen molar-refractivity contribution in [2.45, 2.75) is 6.54 Å².